The van der Waals surface area contributed by atoms with E-state index in [-0.39, 0.29) is 32.6 Å². The lowest BCUT2D eigenvalue weighted by Crippen LogP contribution is -2.03. The molecule has 5 rings (SSSR count). The zero-order valence-electron chi connectivity index (χ0n) is 15.2. The number of hydrogen-bond acceptors (Lipinski definition) is 6. The van der Waals surface area contributed by atoms with Gasteiger partial charge in [-0.05, 0) is 64.2 Å². The molecule has 0 aromatic heterocycles. The fraction of sp³-hybridized carbons (Fsp3) is 0.227. The molecule has 142 valence electrons. The molecule has 2 aliphatic rings. The second kappa shape index (κ2) is 6.22. The van der Waals surface area contributed by atoms with Gasteiger partial charge in [-0.1, -0.05) is 6.07 Å². The maximum absolute atomic E-state index is 12.6. The van der Waals surface area contributed by atoms with Crippen molar-refractivity contribution in [3.05, 3.63) is 58.1 Å². The van der Waals surface area contributed by atoms with Crippen molar-refractivity contribution in [2.75, 3.05) is 6.79 Å². The largest absolute Gasteiger partial charge is 0.457 e. The van der Waals surface area contributed by atoms with Crippen LogP contribution in [0.1, 0.15) is 32.6 Å². The summed E-state index contributed by atoms with van der Waals surface area (Å²) in [5.41, 5.74) is 5.19. The van der Waals surface area contributed by atoms with E-state index in [9.17, 15) is 15.0 Å². The van der Waals surface area contributed by atoms with Crippen LogP contribution in [0.15, 0.2) is 30.3 Å². The van der Waals surface area contributed by atoms with Crippen LogP contribution in [0.3, 0.4) is 0 Å². The number of carbonyl (C=O) groups excluding carboxylic acids is 1. The number of benzene rings is 3. The number of hydrogen-bond donors (Lipinski definition) is 2. The predicted octanol–water partition coefficient (Wildman–Crippen LogP) is 3.20. The number of esters is 1. The summed E-state index contributed by atoms with van der Waals surface area (Å²) in [4.78, 5) is 12.6. The van der Waals surface area contributed by atoms with Crippen LogP contribution in [0.25, 0.3) is 21.9 Å². The first kappa shape index (κ1) is 17.0. The van der Waals surface area contributed by atoms with E-state index in [4.69, 9.17) is 14.2 Å². The van der Waals surface area contributed by atoms with Crippen molar-refractivity contribution >= 4 is 16.7 Å². The van der Waals surface area contributed by atoms with Crippen LogP contribution < -0.4 is 9.47 Å². The molecular formula is C22H18O6. The second-order valence-corrected chi connectivity index (χ2v) is 6.98. The van der Waals surface area contributed by atoms with Gasteiger partial charge in [-0.2, -0.15) is 0 Å². The van der Waals surface area contributed by atoms with Gasteiger partial charge in [-0.3, -0.25) is 0 Å². The minimum absolute atomic E-state index is 0.169. The van der Waals surface area contributed by atoms with E-state index in [0.717, 1.165) is 33.0 Å². The summed E-state index contributed by atoms with van der Waals surface area (Å²) in [5, 5.41) is 21.2. The number of fused-ring (bicyclic) bond motifs is 3. The van der Waals surface area contributed by atoms with Crippen molar-refractivity contribution in [3.63, 3.8) is 0 Å². The van der Waals surface area contributed by atoms with Gasteiger partial charge >= 0.3 is 5.97 Å². The van der Waals surface area contributed by atoms with Gasteiger partial charge in [0.2, 0.25) is 6.79 Å². The molecule has 0 aliphatic carbocycles. The molecule has 0 atom stereocenters. The highest BCUT2D eigenvalue weighted by Gasteiger charge is 2.31. The number of aliphatic hydroxyl groups excluding tert-OH is 2. The lowest BCUT2D eigenvalue weighted by Gasteiger charge is -2.17. The SMILES string of the molecule is Cc1c2c(c(-c3ccc4c(c3)OCO4)c3cc(CO)c(CO)cc13)C(=O)OC2. The third-order valence-electron chi connectivity index (χ3n) is 5.57. The molecule has 0 amide bonds. The first-order valence-electron chi connectivity index (χ1n) is 9.02. The second-order valence-electron chi connectivity index (χ2n) is 6.98. The topological polar surface area (TPSA) is 85.2 Å². The highest BCUT2D eigenvalue weighted by molar-refractivity contribution is 6.12. The summed E-state index contributed by atoms with van der Waals surface area (Å²) >= 11 is 0. The molecule has 6 heteroatoms. The van der Waals surface area contributed by atoms with Crippen molar-refractivity contribution < 1.29 is 29.2 Å². The maximum Gasteiger partial charge on any atom is 0.339 e. The average molecular weight is 378 g/mol. The normalized spacial score (nSPS) is 14.5. The highest BCUT2D eigenvalue weighted by atomic mass is 16.7. The summed E-state index contributed by atoms with van der Waals surface area (Å²) in [6.45, 7) is 1.97. The molecule has 0 radical (unpaired) electrons. The number of rotatable bonds is 3. The first-order valence-corrected chi connectivity index (χ1v) is 9.02. The van der Waals surface area contributed by atoms with E-state index in [1.54, 1.807) is 0 Å². The molecule has 0 saturated heterocycles. The number of cyclic esters (lactones) is 1. The Kier molecular flexibility index (Phi) is 3.79. The lowest BCUT2D eigenvalue weighted by molar-refractivity contribution is 0.0535. The summed E-state index contributed by atoms with van der Waals surface area (Å²) in [7, 11) is 0. The van der Waals surface area contributed by atoms with Gasteiger partial charge in [0.15, 0.2) is 11.5 Å². The Labute approximate surface area is 160 Å². The van der Waals surface area contributed by atoms with E-state index in [1.165, 1.54) is 0 Å². The van der Waals surface area contributed by atoms with Gasteiger partial charge in [0.25, 0.3) is 0 Å². The monoisotopic (exact) mass is 378 g/mol. The maximum atomic E-state index is 12.6. The quantitative estimate of drug-likeness (QED) is 0.681. The molecule has 3 aromatic carbocycles. The van der Waals surface area contributed by atoms with E-state index >= 15 is 0 Å². The Morgan fingerprint density at radius 2 is 1.61 bits per heavy atom. The molecule has 2 N–H and O–H groups in total. The summed E-state index contributed by atoms with van der Waals surface area (Å²) in [6.07, 6.45) is 0. The van der Waals surface area contributed by atoms with Crippen molar-refractivity contribution in [2.24, 2.45) is 0 Å². The molecule has 2 heterocycles. The number of aryl methyl sites for hydroxylation is 1. The third kappa shape index (κ3) is 2.32. The van der Waals surface area contributed by atoms with Crippen LogP contribution in [-0.2, 0) is 24.6 Å². The summed E-state index contributed by atoms with van der Waals surface area (Å²) in [6, 6.07) is 9.31. The van der Waals surface area contributed by atoms with Gasteiger partial charge in [0.1, 0.15) is 6.61 Å². The Bertz CT molecular complexity index is 1150. The highest BCUT2D eigenvalue weighted by Crippen LogP contribution is 2.44. The number of carbonyl (C=O) groups is 1. The Morgan fingerprint density at radius 1 is 0.893 bits per heavy atom. The lowest BCUT2D eigenvalue weighted by atomic mass is 9.85. The van der Waals surface area contributed by atoms with Crippen LogP contribution in [-0.4, -0.2) is 23.0 Å². The van der Waals surface area contributed by atoms with Gasteiger partial charge < -0.3 is 24.4 Å². The number of aliphatic hydroxyl groups is 2. The van der Waals surface area contributed by atoms with Crippen LogP contribution >= 0.6 is 0 Å². The molecule has 0 saturated carbocycles. The van der Waals surface area contributed by atoms with Gasteiger partial charge in [0, 0.05) is 11.1 Å². The van der Waals surface area contributed by atoms with Crippen LogP contribution in [0.2, 0.25) is 0 Å². The van der Waals surface area contributed by atoms with Crippen molar-refractivity contribution in [1.82, 2.24) is 0 Å². The van der Waals surface area contributed by atoms with Crippen LogP contribution in [0.4, 0.5) is 0 Å². The fourth-order valence-electron chi connectivity index (χ4n) is 4.10. The Balaban J connectivity index is 1.90. The molecule has 0 spiro atoms. The van der Waals surface area contributed by atoms with E-state index in [2.05, 4.69) is 0 Å². The van der Waals surface area contributed by atoms with Crippen molar-refractivity contribution in [2.45, 2.75) is 26.7 Å². The van der Waals surface area contributed by atoms with Gasteiger partial charge in [-0.25, -0.2) is 4.79 Å². The molecule has 0 bridgehead atoms. The number of ether oxygens (including phenoxy) is 3. The minimum atomic E-state index is -0.357. The fourth-order valence-corrected chi connectivity index (χ4v) is 4.10. The van der Waals surface area contributed by atoms with E-state index in [1.807, 2.05) is 37.3 Å². The third-order valence-corrected chi connectivity index (χ3v) is 5.57. The molecule has 28 heavy (non-hydrogen) atoms. The Hall–Kier alpha value is -3.09. The smallest absolute Gasteiger partial charge is 0.339 e. The molecule has 0 unspecified atom stereocenters. The predicted molar refractivity (Wildman–Crippen MR) is 101 cm³/mol. The van der Waals surface area contributed by atoms with Gasteiger partial charge in [-0.15, -0.1) is 0 Å². The average Bonchev–Trinajstić information content (AvgIpc) is 3.34. The van der Waals surface area contributed by atoms with E-state index < -0.39 is 0 Å². The Morgan fingerprint density at radius 3 is 2.36 bits per heavy atom. The zero-order chi connectivity index (χ0) is 19.4. The molecule has 0 fully saturated rings. The first-order chi connectivity index (χ1) is 13.6. The van der Waals surface area contributed by atoms with Crippen molar-refractivity contribution in [3.8, 4) is 22.6 Å². The molecular weight excluding hydrogens is 360 g/mol. The molecule has 3 aromatic rings. The zero-order valence-corrected chi connectivity index (χ0v) is 15.2. The van der Waals surface area contributed by atoms with Crippen LogP contribution in [0.5, 0.6) is 11.5 Å². The summed E-state index contributed by atoms with van der Waals surface area (Å²) in [5.74, 6) is 0.933. The van der Waals surface area contributed by atoms with Crippen molar-refractivity contribution in [1.29, 1.82) is 0 Å². The molecule has 6 nitrogen and oxygen atoms in total. The molecule has 2 aliphatic heterocycles. The minimum Gasteiger partial charge on any atom is -0.457 e. The van der Waals surface area contributed by atoms with E-state index in [0.29, 0.717) is 28.2 Å². The standard InChI is InChI=1S/C22H18O6/c1-11-15-4-13(7-23)14(8-24)5-16(15)20(21-17(11)9-26-22(21)25)12-2-3-18-19(6-12)28-10-27-18/h2-6,23-24H,7-10H2,1H3. The van der Waals surface area contributed by atoms with Crippen LogP contribution in [0, 0.1) is 6.92 Å². The van der Waals surface area contributed by atoms with Gasteiger partial charge in [0.05, 0.1) is 18.8 Å². The summed E-state index contributed by atoms with van der Waals surface area (Å²) < 4.78 is 16.3.